The average molecular weight is 182 g/mol. The maximum atomic E-state index is 11.1. The molecule has 1 aliphatic carbocycles. The SMILES string of the molecule is CCOC(=O)CN(CC#N)C1CC1. The standard InChI is InChI=1S/C9H14N2O2/c1-2-13-9(12)7-11(6-5-10)8-3-4-8/h8H,2-4,6-7H2,1H3. The van der Waals surface area contributed by atoms with E-state index in [4.69, 9.17) is 10.00 Å². The molecule has 0 saturated heterocycles. The van der Waals surface area contributed by atoms with Crippen LogP contribution in [0.25, 0.3) is 0 Å². The van der Waals surface area contributed by atoms with Gasteiger partial charge in [-0.15, -0.1) is 0 Å². The summed E-state index contributed by atoms with van der Waals surface area (Å²) in [6.07, 6.45) is 2.20. The Morgan fingerprint density at radius 2 is 2.38 bits per heavy atom. The summed E-state index contributed by atoms with van der Waals surface area (Å²) in [5.41, 5.74) is 0. The van der Waals surface area contributed by atoms with Crippen molar-refractivity contribution in [1.82, 2.24) is 4.90 Å². The van der Waals surface area contributed by atoms with Gasteiger partial charge in [0, 0.05) is 6.04 Å². The molecule has 0 unspecified atom stereocenters. The molecule has 0 amide bonds. The van der Waals surface area contributed by atoms with Crippen molar-refractivity contribution in [2.24, 2.45) is 0 Å². The predicted octanol–water partition coefficient (Wildman–Crippen LogP) is 0.537. The Balaban J connectivity index is 2.29. The molecule has 1 fully saturated rings. The Bertz CT molecular complexity index is 218. The first-order valence-corrected chi connectivity index (χ1v) is 4.54. The van der Waals surface area contributed by atoms with Crippen LogP contribution in [0.5, 0.6) is 0 Å². The molecule has 0 aliphatic heterocycles. The topological polar surface area (TPSA) is 53.3 Å². The van der Waals surface area contributed by atoms with Crippen molar-refractivity contribution in [3.05, 3.63) is 0 Å². The molecule has 1 saturated carbocycles. The van der Waals surface area contributed by atoms with Crippen molar-refractivity contribution in [2.45, 2.75) is 25.8 Å². The van der Waals surface area contributed by atoms with Gasteiger partial charge in [0.15, 0.2) is 0 Å². The highest BCUT2D eigenvalue weighted by atomic mass is 16.5. The normalized spacial score (nSPS) is 15.5. The van der Waals surface area contributed by atoms with Crippen LogP contribution in [-0.2, 0) is 9.53 Å². The molecule has 0 bridgehead atoms. The number of nitriles is 1. The lowest BCUT2D eigenvalue weighted by molar-refractivity contribution is -0.144. The fourth-order valence-corrected chi connectivity index (χ4v) is 1.22. The number of carbonyl (C=O) groups excluding carboxylic acids is 1. The third kappa shape index (κ3) is 3.43. The monoisotopic (exact) mass is 182 g/mol. The Labute approximate surface area is 78.1 Å². The van der Waals surface area contributed by atoms with Crippen molar-refractivity contribution in [1.29, 1.82) is 5.26 Å². The molecule has 4 heteroatoms. The number of hydrogen-bond acceptors (Lipinski definition) is 4. The smallest absolute Gasteiger partial charge is 0.320 e. The predicted molar refractivity (Wildman–Crippen MR) is 46.8 cm³/mol. The van der Waals surface area contributed by atoms with Gasteiger partial charge in [0.1, 0.15) is 0 Å². The van der Waals surface area contributed by atoms with Gasteiger partial charge in [-0.2, -0.15) is 5.26 Å². The van der Waals surface area contributed by atoms with Crippen LogP contribution in [0.1, 0.15) is 19.8 Å². The van der Waals surface area contributed by atoms with Gasteiger partial charge in [-0.3, -0.25) is 9.69 Å². The van der Waals surface area contributed by atoms with E-state index < -0.39 is 0 Å². The van der Waals surface area contributed by atoms with Gasteiger partial charge in [0.25, 0.3) is 0 Å². The fraction of sp³-hybridized carbons (Fsp3) is 0.778. The van der Waals surface area contributed by atoms with Crippen molar-refractivity contribution in [3.8, 4) is 6.07 Å². The number of esters is 1. The molecule has 1 rings (SSSR count). The van der Waals surface area contributed by atoms with Crippen molar-refractivity contribution < 1.29 is 9.53 Å². The summed E-state index contributed by atoms with van der Waals surface area (Å²) in [6.45, 7) is 2.77. The van der Waals surface area contributed by atoms with Crippen molar-refractivity contribution >= 4 is 5.97 Å². The van der Waals surface area contributed by atoms with Crippen LogP contribution in [0.4, 0.5) is 0 Å². The van der Waals surface area contributed by atoms with Gasteiger partial charge in [0.05, 0.1) is 25.8 Å². The summed E-state index contributed by atoms with van der Waals surface area (Å²) < 4.78 is 4.81. The lowest BCUT2D eigenvalue weighted by Crippen LogP contribution is -2.33. The second-order valence-corrected chi connectivity index (χ2v) is 3.10. The first-order valence-electron chi connectivity index (χ1n) is 4.54. The van der Waals surface area contributed by atoms with Gasteiger partial charge in [-0.25, -0.2) is 0 Å². The molecule has 0 atom stereocenters. The van der Waals surface area contributed by atoms with Crippen LogP contribution in [0, 0.1) is 11.3 Å². The van der Waals surface area contributed by atoms with E-state index in [0.29, 0.717) is 19.2 Å². The summed E-state index contributed by atoms with van der Waals surface area (Å²) in [7, 11) is 0. The molecule has 0 aromatic rings. The van der Waals surface area contributed by atoms with Gasteiger partial charge in [-0.1, -0.05) is 0 Å². The number of hydrogen-bond donors (Lipinski definition) is 0. The largest absolute Gasteiger partial charge is 0.465 e. The summed E-state index contributed by atoms with van der Waals surface area (Å²) >= 11 is 0. The van der Waals surface area contributed by atoms with E-state index in [1.54, 1.807) is 6.92 Å². The lowest BCUT2D eigenvalue weighted by Gasteiger charge is -2.16. The third-order valence-corrected chi connectivity index (χ3v) is 1.97. The first-order chi connectivity index (χ1) is 6.27. The van der Waals surface area contributed by atoms with Crippen LogP contribution in [0.2, 0.25) is 0 Å². The van der Waals surface area contributed by atoms with E-state index in [1.807, 2.05) is 4.90 Å². The zero-order valence-corrected chi connectivity index (χ0v) is 7.82. The summed E-state index contributed by atoms with van der Waals surface area (Å²) in [5.74, 6) is -0.232. The number of rotatable bonds is 5. The molecule has 4 nitrogen and oxygen atoms in total. The minimum absolute atomic E-state index is 0.232. The second-order valence-electron chi connectivity index (χ2n) is 3.10. The number of ether oxygens (including phenoxy) is 1. The summed E-state index contributed by atoms with van der Waals surface area (Å²) in [6, 6.07) is 2.49. The average Bonchev–Trinajstić information content (AvgIpc) is 2.86. The molecule has 0 N–H and O–H groups in total. The molecule has 0 radical (unpaired) electrons. The first kappa shape index (κ1) is 10.0. The van der Waals surface area contributed by atoms with E-state index in [-0.39, 0.29) is 12.5 Å². The molecule has 1 aliphatic rings. The van der Waals surface area contributed by atoms with Crippen molar-refractivity contribution in [3.63, 3.8) is 0 Å². The molecule has 13 heavy (non-hydrogen) atoms. The lowest BCUT2D eigenvalue weighted by atomic mass is 10.4. The summed E-state index contributed by atoms with van der Waals surface area (Å²) in [4.78, 5) is 13.0. The highest BCUT2D eigenvalue weighted by Gasteiger charge is 2.30. The van der Waals surface area contributed by atoms with Gasteiger partial charge in [0.2, 0.25) is 0 Å². The number of nitrogens with zero attached hydrogens (tertiary/aromatic N) is 2. The quantitative estimate of drug-likeness (QED) is 0.460. The number of carbonyl (C=O) groups is 1. The van der Waals surface area contributed by atoms with Gasteiger partial charge in [-0.05, 0) is 19.8 Å². The maximum Gasteiger partial charge on any atom is 0.320 e. The molecular weight excluding hydrogens is 168 g/mol. The Kier molecular flexibility index (Phi) is 3.71. The third-order valence-electron chi connectivity index (χ3n) is 1.97. The molecule has 0 aromatic carbocycles. The van der Waals surface area contributed by atoms with Crippen LogP contribution >= 0.6 is 0 Å². The molecule has 0 spiro atoms. The zero-order chi connectivity index (χ0) is 9.68. The van der Waals surface area contributed by atoms with E-state index >= 15 is 0 Å². The molecule has 0 heterocycles. The minimum atomic E-state index is -0.232. The van der Waals surface area contributed by atoms with Gasteiger partial charge >= 0.3 is 5.97 Å². The Morgan fingerprint density at radius 1 is 1.69 bits per heavy atom. The fourth-order valence-electron chi connectivity index (χ4n) is 1.22. The molecule has 72 valence electrons. The highest BCUT2D eigenvalue weighted by Crippen LogP contribution is 2.26. The van der Waals surface area contributed by atoms with Crippen molar-refractivity contribution in [2.75, 3.05) is 19.7 Å². The zero-order valence-electron chi connectivity index (χ0n) is 7.82. The van der Waals surface area contributed by atoms with E-state index in [2.05, 4.69) is 6.07 Å². The van der Waals surface area contributed by atoms with E-state index in [1.165, 1.54) is 0 Å². The Hall–Kier alpha value is -1.08. The second kappa shape index (κ2) is 4.83. The van der Waals surface area contributed by atoms with Crippen LogP contribution in [-0.4, -0.2) is 36.6 Å². The molecular formula is C9H14N2O2. The minimum Gasteiger partial charge on any atom is -0.465 e. The van der Waals surface area contributed by atoms with Gasteiger partial charge < -0.3 is 4.74 Å². The van der Waals surface area contributed by atoms with E-state index in [9.17, 15) is 4.79 Å². The van der Waals surface area contributed by atoms with Crippen LogP contribution in [0.3, 0.4) is 0 Å². The molecule has 0 aromatic heterocycles. The Morgan fingerprint density at radius 3 is 2.85 bits per heavy atom. The van der Waals surface area contributed by atoms with Crippen LogP contribution in [0.15, 0.2) is 0 Å². The highest BCUT2D eigenvalue weighted by molar-refractivity contribution is 5.71. The maximum absolute atomic E-state index is 11.1. The van der Waals surface area contributed by atoms with Crippen LogP contribution < -0.4 is 0 Å². The van der Waals surface area contributed by atoms with E-state index in [0.717, 1.165) is 12.8 Å². The summed E-state index contributed by atoms with van der Waals surface area (Å²) in [5, 5.41) is 8.51.